The molecule has 0 unspecified atom stereocenters. The SMILES string of the molecule is Nc1cnc2ccc(Cl)nc2c1. The van der Waals surface area contributed by atoms with Crippen molar-refractivity contribution < 1.29 is 0 Å². The van der Waals surface area contributed by atoms with Gasteiger partial charge in [-0.15, -0.1) is 0 Å². The molecule has 0 amide bonds. The molecular weight excluding hydrogens is 174 g/mol. The van der Waals surface area contributed by atoms with Gasteiger partial charge in [-0.1, -0.05) is 11.6 Å². The molecular formula is C8H6ClN3. The molecule has 2 aromatic rings. The number of anilines is 1. The van der Waals surface area contributed by atoms with E-state index in [0.29, 0.717) is 10.8 Å². The molecule has 3 nitrogen and oxygen atoms in total. The maximum Gasteiger partial charge on any atom is 0.129 e. The van der Waals surface area contributed by atoms with Crippen molar-refractivity contribution in [3.05, 3.63) is 29.5 Å². The first-order valence-corrected chi connectivity index (χ1v) is 3.81. The molecule has 2 aromatic heterocycles. The first-order chi connectivity index (χ1) is 5.75. The predicted molar refractivity (Wildman–Crippen MR) is 49.0 cm³/mol. The fourth-order valence-corrected chi connectivity index (χ4v) is 1.15. The Morgan fingerprint density at radius 2 is 2.08 bits per heavy atom. The van der Waals surface area contributed by atoms with E-state index in [4.69, 9.17) is 17.3 Å². The molecule has 0 saturated heterocycles. The summed E-state index contributed by atoms with van der Waals surface area (Å²) in [5.74, 6) is 0. The van der Waals surface area contributed by atoms with E-state index in [0.717, 1.165) is 11.0 Å². The number of hydrogen-bond donors (Lipinski definition) is 1. The molecule has 0 aliphatic carbocycles. The van der Waals surface area contributed by atoms with Gasteiger partial charge in [-0.2, -0.15) is 0 Å². The minimum atomic E-state index is 0.454. The molecule has 0 spiro atoms. The van der Waals surface area contributed by atoms with Gasteiger partial charge < -0.3 is 5.73 Å². The number of nitrogens with zero attached hydrogens (tertiary/aromatic N) is 2. The Balaban J connectivity index is 2.80. The van der Waals surface area contributed by atoms with Crippen LogP contribution in [0.4, 0.5) is 5.69 Å². The van der Waals surface area contributed by atoms with E-state index in [-0.39, 0.29) is 0 Å². The van der Waals surface area contributed by atoms with Crippen molar-refractivity contribution in [1.82, 2.24) is 9.97 Å². The van der Waals surface area contributed by atoms with E-state index in [1.807, 2.05) is 6.07 Å². The van der Waals surface area contributed by atoms with Crippen molar-refractivity contribution in [3.63, 3.8) is 0 Å². The Labute approximate surface area is 74.2 Å². The topological polar surface area (TPSA) is 51.8 Å². The second-order valence-electron chi connectivity index (χ2n) is 2.44. The molecule has 0 aliphatic rings. The van der Waals surface area contributed by atoms with Crippen LogP contribution in [0.3, 0.4) is 0 Å². The lowest BCUT2D eigenvalue weighted by molar-refractivity contribution is 1.34. The molecule has 0 atom stereocenters. The van der Waals surface area contributed by atoms with Gasteiger partial charge in [-0.25, -0.2) is 4.98 Å². The first-order valence-electron chi connectivity index (χ1n) is 3.43. The second kappa shape index (κ2) is 2.60. The summed E-state index contributed by atoms with van der Waals surface area (Å²) >= 11 is 5.69. The lowest BCUT2D eigenvalue weighted by atomic mass is 10.3. The summed E-state index contributed by atoms with van der Waals surface area (Å²) in [6.07, 6.45) is 1.60. The van der Waals surface area contributed by atoms with Crippen molar-refractivity contribution >= 4 is 28.3 Å². The van der Waals surface area contributed by atoms with E-state index >= 15 is 0 Å². The van der Waals surface area contributed by atoms with Gasteiger partial charge in [0.25, 0.3) is 0 Å². The molecule has 0 bridgehead atoms. The molecule has 4 heteroatoms. The molecule has 2 heterocycles. The van der Waals surface area contributed by atoms with E-state index in [9.17, 15) is 0 Å². The molecule has 2 rings (SSSR count). The monoisotopic (exact) mass is 179 g/mol. The van der Waals surface area contributed by atoms with Crippen LogP contribution < -0.4 is 5.73 Å². The molecule has 12 heavy (non-hydrogen) atoms. The highest BCUT2D eigenvalue weighted by Gasteiger charge is 1.96. The maximum atomic E-state index is 5.69. The van der Waals surface area contributed by atoms with Crippen LogP contribution in [0.25, 0.3) is 11.0 Å². The third-order valence-electron chi connectivity index (χ3n) is 1.52. The van der Waals surface area contributed by atoms with Crippen LogP contribution in [-0.2, 0) is 0 Å². The number of aromatic nitrogens is 2. The molecule has 0 aromatic carbocycles. The van der Waals surface area contributed by atoms with Gasteiger partial charge in [-0.3, -0.25) is 4.98 Å². The largest absolute Gasteiger partial charge is 0.397 e. The standard InChI is InChI=1S/C8H6ClN3/c9-8-2-1-6-7(12-8)3-5(10)4-11-6/h1-4H,10H2. The van der Waals surface area contributed by atoms with Crippen LogP contribution in [0.2, 0.25) is 5.15 Å². The van der Waals surface area contributed by atoms with Gasteiger partial charge in [0.05, 0.1) is 22.9 Å². The van der Waals surface area contributed by atoms with Crippen molar-refractivity contribution in [2.45, 2.75) is 0 Å². The molecule has 60 valence electrons. The lowest BCUT2D eigenvalue weighted by Gasteiger charge is -1.97. The van der Waals surface area contributed by atoms with Gasteiger partial charge in [0.2, 0.25) is 0 Å². The predicted octanol–water partition coefficient (Wildman–Crippen LogP) is 1.87. The molecule has 2 N–H and O–H groups in total. The molecule has 0 saturated carbocycles. The number of nitrogens with two attached hydrogens (primary N) is 1. The van der Waals surface area contributed by atoms with Gasteiger partial charge in [0, 0.05) is 0 Å². The summed E-state index contributed by atoms with van der Waals surface area (Å²) < 4.78 is 0. The minimum absolute atomic E-state index is 0.454. The van der Waals surface area contributed by atoms with E-state index in [1.165, 1.54) is 0 Å². The molecule has 0 radical (unpaired) electrons. The third-order valence-corrected chi connectivity index (χ3v) is 1.74. The Morgan fingerprint density at radius 1 is 1.25 bits per heavy atom. The van der Waals surface area contributed by atoms with Crippen molar-refractivity contribution in [1.29, 1.82) is 0 Å². The quantitative estimate of drug-likeness (QED) is 0.628. The maximum absolute atomic E-state index is 5.69. The summed E-state index contributed by atoms with van der Waals surface area (Å²) in [6, 6.07) is 5.26. The number of fused-ring (bicyclic) bond motifs is 1. The summed E-state index contributed by atoms with van der Waals surface area (Å²) in [4.78, 5) is 8.14. The van der Waals surface area contributed by atoms with Crippen molar-refractivity contribution in [3.8, 4) is 0 Å². The third kappa shape index (κ3) is 1.19. The number of nitrogen functional groups attached to an aromatic ring is 1. The highest BCUT2D eigenvalue weighted by atomic mass is 35.5. The minimum Gasteiger partial charge on any atom is -0.397 e. The van der Waals surface area contributed by atoms with Crippen LogP contribution in [0.15, 0.2) is 24.4 Å². The first kappa shape index (κ1) is 7.31. The fourth-order valence-electron chi connectivity index (χ4n) is 0.997. The molecule has 0 aliphatic heterocycles. The highest BCUT2D eigenvalue weighted by Crippen LogP contribution is 2.14. The number of rotatable bonds is 0. The van der Waals surface area contributed by atoms with Crippen LogP contribution >= 0.6 is 11.6 Å². The summed E-state index contributed by atoms with van der Waals surface area (Å²) in [6.45, 7) is 0. The van der Waals surface area contributed by atoms with Crippen molar-refractivity contribution in [2.75, 3.05) is 5.73 Å². The number of halogens is 1. The summed E-state index contributed by atoms with van der Waals surface area (Å²) in [7, 11) is 0. The van der Waals surface area contributed by atoms with Gasteiger partial charge in [0.1, 0.15) is 5.15 Å². The van der Waals surface area contributed by atoms with Crippen LogP contribution in [0.1, 0.15) is 0 Å². The fraction of sp³-hybridized carbons (Fsp3) is 0. The Hall–Kier alpha value is -1.35. The zero-order valence-corrected chi connectivity index (χ0v) is 6.92. The van der Waals surface area contributed by atoms with Crippen molar-refractivity contribution in [2.24, 2.45) is 0 Å². The Morgan fingerprint density at radius 3 is 2.92 bits per heavy atom. The average molecular weight is 180 g/mol. The Bertz CT molecular complexity index is 391. The smallest absolute Gasteiger partial charge is 0.129 e. The highest BCUT2D eigenvalue weighted by molar-refractivity contribution is 6.29. The van der Waals surface area contributed by atoms with Crippen LogP contribution in [0.5, 0.6) is 0 Å². The zero-order chi connectivity index (χ0) is 8.55. The van der Waals surface area contributed by atoms with Gasteiger partial charge in [0.15, 0.2) is 0 Å². The normalized spacial score (nSPS) is 10.4. The number of pyridine rings is 2. The van der Waals surface area contributed by atoms with Crippen LogP contribution in [-0.4, -0.2) is 9.97 Å². The number of hydrogen-bond acceptors (Lipinski definition) is 3. The summed E-state index contributed by atoms with van der Waals surface area (Å²) in [5, 5.41) is 0.454. The lowest BCUT2D eigenvalue weighted by Crippen LogP contribution is -1.88. The van der Waals surface area contributed by atoms with Gasteiger partial charge in [-0.05, 0) is 18.2 Å². The van der Waals surface area contributed by atoms with E-state index in [2.05, 4.69) is 9.97 Å². The molecule has 0 fully saturated rings. The average Bonchev–Trinajstić information content (AvgIpc) is 2.03. The van der Waals surface area contributed by atoms with Crippen LogP contribution in [0, 0.1) is 0 Å². The van der Waals surface area contributed by atoms with Gasteiger partial charge >= 0.3 is 0 Å². The summed E-state index contributed by atoms with van der Waals surface area (Å²) in [5.41, 5.74) is 7.65. The van der Waals surface area contributed by atoms with E-state index < -0.39 is 0 Å². The zero-order valence-electron chi connectivity index (χ0n) is 6.16. The second-order valence-corrected chi connectivity index (χ2v) is 2.83. The Kier molecular flexibility index (Phi) is 1.59. The van der Waals surface area contributed by atoms with E-state index in [1.54, 1.807) is 18.3 Å².